The molecule has 0 saturated heterocycles. The smallest absolute Gasteiger partial charge is 0.234 e. The van der Waals surface area contributed by atoms with Crippen molar-refractivity contribution in [3.05, 3.63) is 0 Å². The summed E-state index contributed by atoms with van der Waals surface area (Å²) in [6, 6.07) is -0.0990. The summed E-state index contributed by atoms with van der Waals surface area (Å²) in [5, 5.41) is 3.20. The first-order valence-corrected chi connectivity index (χ1v) is 5.78. The Morgan fingerprint density at radius 3 is 2.36 bits per heavy atom. The number of amides is 1. The molecule has 3 heteroatoms. The van der Waals surface area contributed by atoms with E-state index in [0.29, 0.717) is 5.92 Å². The molecule has 0 aromatic heterocycles. The van der Waals surface area contributed by atoms with Gasteiger partial charge in [-0.2, -0.15) is 0 Å². The third-order valence-corrected chi connectivity index (χ3v) is 3.10. The second-order valence-electron chi connectivity index (χ2n) is 4.19. The van der Waals surface area contributed by atoms with Crippen molar-refractivity contribution in [1.29, 1.82) is 0 Å². The lowest BCUT2D eigenvalue weighted by molar-refractivity contribution is -0.121. The van der Waals surface area contributed by atoms with Crippen LogP contribution in [0.4, 0.5) is 0 Å². The van der Waals surface area contributed by atoms with Crippen LogP contribution < -0.4 is 11.1 Å². The van der Waals surface area contributed by atoms with Crippen molar-refractivity contribution in [2.45, 2.75) is 51.5 Å². The summed E-state index contributed by atoms with van der Waals surface area (Å²) in [6.07, 6.45) is 7.43. The Balaban J connectivity index is 2.51. The Bertz CT molecular complexity index is 174. The Morgan fingerprint density at radius 1 is 1.36 bits per heavy atom. The molecule has 1 rings (SSSR count). The number of rotatable bonds is 4. The van der Waals surface area contributed by atoms with Gasteiger partial charge in [0.15, 0.2) is 0 Å². The normalized spacial score (nSPS) is 21.5. The van der Waals surface area contributed by atoms with E-state index in [4.69, 9.17) is 5.73 Å². The highest BCUT2D eigenvalue weighted by Crippen LogP contribution is 2.25. The monoisotopic (exact) mass is 198 g/mol. The molecule has 0 aromatic rings. The van der Waals surface area contributed by atoms with Gasteiger partial charge in [-0.1, -0.05) is 32.6 Å². The summed E-state index contributed by atoms with van der Waals surface area (Å²) in [4.78, 5) is 11.3. The van der Waals surface area contributed by atoms with Crippen molar-refractivity contribution in [1.82, 2.24) is 5.32 Å². The van der Waals surface area contributed by atoms with Crippen molar-refractivity contribution >= 4 is 5.91 Å². The van der Waals surface area contributed by atoms with Gasteiger partial charge in [0.2, 0.25) is 5.91 Å². The van der Waals surface area contributed by atoms with Gasteiger partial charge in [-0.25, -0.2) is 0 Å². The molecule has 0 aromatic carbocycles. The molecular weight excluding hydrogens is 176 g/mol. The van der Waals surface area contributed by atoms with Gasteiger partial charge in [0.05, 0.1) is 6.04 Å². The van der Waals surface area contributed by atoms with Gasteiger partial charge in [0.1, 0.15) is 0 Å². The van der Waals surface area contributed by atoms with Crippen LogP contribution in [0.5, 0.6) is 0 Å². The summed E-state index contributed by atoms with van der Waals surface area (Å²) in [6.45, 7) is 2.84. The van der Waals surface area contributed by atoms with Crippen LogP contribution in [0, 0.1) is 5.92 Å². The molecule has 3 N–H and O–H groups in total. The van der Waals surface area contributed by atoms with Crippen molar-refractivity contribution in [3.8, 4) is 0 Å². The van der Waals surface area contributed by atoms with Crippen LogP contribution in [-0.2, 0) is 4.79 Å². The second-order valence-corrected chi connectivity index (χ2v) is 4.19. The highest BCUT2D eigenvalue weighted by Gasteiger charge is 2.25. The van der Waals surface area contributed by atoms with E-state index >= 15 is 0 Å². The summed E-state index contributed by atoms with van der Waals surface area (Å²) in [5.41, 5.74) is 5.40. The van der Waals surface area contributed by atoms with E-state index in [1.54, 1.807) is 0 Å². The fraction of sp³-hybridized carbons (Fsp3) is 0.909. The fourth-order valence-electron chi connectivity index (χ4n) is 2.36. The van der Waals surface area contributed by atoms with Gasteiger partial charge in [0.25, 0.3) is 0 Å². The predicted octanol–water partition coefficient (Wildman–Crippen LogP) is 1.42. The highest BCUT2D eigenvalue weighted by molar-refractivity contribution is 5.80. The van der Waals surface area contributed by atoms with Crippen LogP contribution in [0.3, 0.4) is 0 Å². The van der Waals surface area contributed by atoms with Crippen LogP contribution >= 0.6 is 0 Å². The van der Waals surface area contributed by atoms with Crippen LogP contribution in [0.2, 0.25) is 0 Å². The molecule has 1 unspecified atom stereocenters. The average molecular weight is 198 g/mol. The molecule has 1 atom stereocenters. The molecule has 1 saturated carbocycles. The number of primary amides is 1. The van der Waals surface area contributed by atoms with Gasteiger partial charge < -0.3 is 11.1 Å². The maximum atomic E-state index is 11.3. The molecule has 82 valence electrons. The summed E-state index contributed by atoms with van der Waals surface area (Å²) in [7, 11) is 0. The molecule has 1 amide bonds. The van der Waals surface area contributed by atoms with Crippen molar-refractivity contribution < 1.29 is 4.79 Å². The van der Waals surface area contributed by atoms with Crippen molar-refractivity contribution in [2.75, 3.05) is 6.54 Å². The summed E-state index contributed by atoms with van der Waals surface area (Å²) < 4.78 is 0. The highest BCUT2D eigenvalue weighted by atomic mass is 16.1. The van der Waals surface area contributed by atoms with E-state index in [2.05, 4.69) is 5.32 Å². The Morgan fingerprint density at radius 2 is 1.93 bits per heavy atom. The third-order valence-electron chi connectivity index (χ3n) is 3.10. The number of likely N-dealkylation sites (N-methyl/N-ethyl adjacent to an activating group) is 1. The molecule has 0 bridgehead atoms. The first-order valence-electron chi connectivity index (χ1n) is 5.78. The van der Waals surface area contributed by atoms with E-state index in [1.807, 2.05) is 6.92 Å². The standard InChI is InChI=1S/C11H22N2O/c1-2-13-10(11(12)14)9-7-5-3-4-6-8-9/h9-10,13H,2-8H2,1H3,(H2,12,14). The number of carbonyl (C=O) groups excluding carboxylic acids is 1. The van der Waals surface area contributed by atoms with Gasteiger partial charge in [0, 0.05) is 0 Å². The van der Waals surface area contributed by atoms with Crippen LogP contribution in [0.15, 0.2) is 0 Å². The molecule has 0 spiro atoms. The van der Waals surface area contributed by atoms with Crippen LogP contribution in [0.25, 0.3) is 0 Å². The lowest BCUT2D eigenvalue weighted by Gasteiger charge is -2.23. The molecule has 0 heterocycles. The Labute approximate surface area is 86.4 Å². The second kappa shape index (κ2) is 6.02. The lowest BCUT2D eigenvalue weighted by atomic mass is 9.91. The fourth-order valence-corrected chi connectivity index (χ4v) is 2.36. The number of nitrogens with two attached hydrogens (primary N) is 1. The summed E-state index contributed by atoms with van der Waals surface area (Å²) in [5.74, 6) is 0.286. The average Bonchev–Trinajstić information content (AvgIpc) is 2.41. The van der Waals surface area contributed by atoms with Crippen LogP contribution in [-0.4, -0.2) is 18.5 Å². The molecule has 0 radical (unpaired) electrons. The molecular formula is C11H22N2O. The largest absolute Gasteiger partial charge is 0.368 e. The predicted molar refractivity (Wildman–Crippen MR) is 57.9 cm³/mol. The maximum absolute atomic E-state index is 11.3. The first kappa shape index (κ1) is 11.5. The zero-order valence-electron chi connectivity index (χ0n) is 9.09. The Hall–Kier alpha value is -0.570. The number of hydrogen-bond acceptors (Lipinski definition) is 2. The molecule has 1 aliphatic rings. The van der Waals surface area contributed by atoms with Gasteiger partial charge in [-0.15, -0.1) is 0 Å². The number of nitrogens with one attached hydrogen (secondary N) is 1. The SMILES string of the molecule is CCNC(C(N)=O)C1CCCCCC1. The van der Waals surface area contributed by atoms with E-state index in [0.717, 1.165) is 19.4 Å². The Kier molecular flexibility index (Phi) is 4.94. The van der Waals surface area contributed by atoms with Gasteiger partial charge in [-0.05, 0) is 25.3 Å². The maximum Gasteiger partial charge on any atom is 0.234 e. The zero-order chi connectivity index (χ0) is 10.4. The molecule has 1 aliphatic carbocycles. The van der Waals surface area contributed by atoms with E-state index < -0.39 is 0 Å². The zero-order valence-corrected chi connectivity index (χ0v) is 9.09. The van der Waals surface area contributed by atoms with Crippen molar-refractivity contribution in [3.63, 3.8) is 0 Å². The number of carbonyl (C=O) groups is 1. The molecule has 14 heavy (non-hydrogen) atoms. The minimum absolute atomic E-state index is 0.0990. The van der Waals surface area contributed by atoms with Crippen LogP contribution in [0.1, 0.15) is 45.4 Å². The first-order chi connectivity index (χ1) is 6.75. The number of hydrogen-bond donors (Lipinski definition) is 2. The van der Waals surface area contributed by atoms with E-state index in [-0.39, 0.29) is 11.9 Å². The van der Waals surface area contributed by atoms with E-state index in [9.17, 15) is 4.79 Å². The minimum atomic E-state index is -0.182. The minimum Gasteiger partial charge on any atom is -0.368 e. The quantitative estimate of drug-likeness (QED) is 0.671. The van der Waals surface area contributed by atoms with Crippen molar-refractivity contribution in [2.24, 2.45) is 11.7 Å². The van der Waals surface area contributed by atoms with E-state index in [1.165, 1.54) is 25.7 Å². The molecule has 3 nitrogen and oxygen atoms in total. The molecule has 0 aliphatic heterocycles. The molecule has 1 fully saturated rings. The van der Waals surface area contributed by atoms with Gasteiger partial charge >= 0.3 is 0 Å². The van der Waals surface area contributed by atoms with Gasteiger partial charge in [-0.3, -0.25) is 4.79 Å². The topological polar surface area (TPSA) is 55.1 Å². The lowest BCUT2D eigenvalue weighted by Crippen LogP contribution is -2.46. The summed E-state index contributed by atoms with van der Waals surface area (Å²) >= 11 is 0. The third kappa shape index (κ3) is 3.29.